The Labute approximate surface area is 218 Å². The van der Waals surface area contributed by atoms with E-state index in [1.165, 1.54) is 4.90 Å². The average Bonchev–Trinajstić information content (AvgIpc) is 2.88. The first-order valence-electron chi connectivity index (χ1n) is 12.5. The van der Waals surface area contributed by atoms with Gasteiger partial charge in [-0.05, 0) is 34.6 Å². The van der Waals surface area contributed by atoms with Crippen molar-refractivity contribution in [1.82, 2.24) is 10.2 Å². The number of carboxylic acids is 1. The minimum absolute atomic E-state index is 0.104. The van der Waals surface area contributed by atoms with Crippen LogP contribution in [0.15, 0.2) is 84.9 Å². The highest BCUT2D eigenvalue weighted by Gasteiger charge is 2.27. The summed E-state index contributed by atoms with van der Waals surface area (Å²) < 4.78 is 0. The third-order valence-electron chi connectivity index (χ3n) is 6.14. The van der Waals surface area contributed by atoms with Crippen molar-refractivity contribution in [1.29, 1.82) is 0 Å². The topological polar surface area (TPSA) is 113 Å². The first-order chi connectivity index (χ1) is 17.7. The lowest BCUT2D eigenvalue weighted by molar-refractivity contribution is -0.139. The summed E-state index contributed by atoms with van der Waals surface area (Å²) in [5.41, 5.74) is 9.51. The smallest absolute Gasteiger partial charge is 0.326 e. The second kappa shape index (κ2) is 13.3. The molecule has 194 valence electrons. The summed E-state index contributed by atoms with van der Waals surface area (Å²) in [6, 6.07) is 25.4. The summed E-state index contributed by atoms with van der Waals surface area (Å²) in [5, 5.41) is 12.5. The van der Waals surface area contributed by atoms with Crippen molar-refractivity contribution in [2.24, 2.45) is 17.6 Å². The number of aliphatic carboxylic acids is 1. The molecule has 7 heteroatoms. The molecular weight excluding hydrogens is 466 g/mol. The number of rotatable bonds is 12. The van der Waals surface area contributed by atoms with Crippen LogP contribution in [0.2, 0.25) is 0 Å². The minimum atomic E-state index is -1.12. The molecule has 0 heterocycles. The van der Waals surface area contributed by atoms with Gasteiger partial charge in [0.2, 0.25) is 5.91 Å². The number of carboxylic acid groups (broad SMARTS) is 1. The summed E-state index contributed by atoms with van der Waals surface area (Å²) in [6.45, 7) is 4.38. The Kier molecular flexibility index (Phi) is 9.84. The molecule has 0 saturated heterocycles. The van der Waals surface area contributed by atoms with Gasteiger partial charge in [0, 0.05) is 19.5 Å². The fourth-order valence-electron chi connectivity index (χ4n) is 4.24. The van der Waals surface area contributed by atoms with Crippen LogP contribution in [-0.4, -0.2) is 47.0 Å². The molecular formula is C30H35N3O4. The number of nitrogens with zero attached hydrogens (tertiary/aromatic N) is 1. The van der Waals surface area contributed by atoms with Crippen molar-refractivity contribution in [2.75, 3.05) is 13.1 Å². The molecule has 37 heavy (non-hydrogen) atoms. The Bertz CT molecular complexity index is 1160. The van der Waals surface area contributed by atoms with Crippen LogP contribution in [0.5, 0.6) is 0 Å². The van der Waals surface area contributed by atoms with Crippen LogP contribution in [0.4, 0.5) is 4.79 Å². The summed E-state index contributed by atoms with van der Waals surface area (Å²) >= 11 is 0. The zero-order valence-corrected chi connectivity index (χ0v) is 21.3. The van der Waals surface area contributed by atoms with E-state index in [1.54, 1.807) is 0 Å². The minimum Gasteiger partial charge on any atom is -0.480 e. The molecule has 0 fully saturated rings. The lowest BCUT2D eigenvalue weighted by Crippen LogP contribution is -2.52. The van der Waals surface area contributed by atoms with Gasteiger partial charge >= 0.3 is 12.0 Å². The van der Waals surface area contributed by atoms with E-state index in [1.807, 2.05) is 98.8 Å². The monoisotopic (exact) mass is 501 g/mol. The van der Waals surface area contributed by atoms with Crippen LogP contribution < -0.4 is 11.1 Å². The van der Waals surface area contributed by atoms with Gasteiger partial charge in [-0.2, -0.15) is 0 Å². The standard InChI is InChI=1S/C30H35N3O4/c1-21(2)19-33(20-26(28(31)34)17-22-9-5-3-6-10-22)30(37)32-27(29(35)36)18-23-13-15-25(16-14-23)24-11-7-4-8-12-24/h3-16,21,26-27H,17-20H2,1-2H3,(H2,31,34)(H,32,37)(H,35,36)/t26-,27-/m0/s1. The number of benzene rings is 3. The van der Waals surface area contributed by atoms with Crippen LogP contribution in [0.25, 0.3) is 11.1 Å². The highest BCUT2D eigenvalue weighted by molar-refractivity contribution is 5.84. The Morgan fingerprint density at radius 3 is 1.86 bits per heavy atom. The molecule has 7 nitrogen and oxygen atoms in total. The summed E-state index contributed by atoms with van der Waals surface area (Å²) in [4.78, 5) is 39.0. The van der Waals surface area contributed by atoms with Crippen molar-refractivity contribution in [3.05, 3.63) is 96.1 Å². The van der Waals surface area contributed by atoms with Crippen LogP contribution in [0, 0.1) is 11.8 Å². The van der Waals surface area contributed by atoms with Crippen LogP contribution in [0.1, 0.15) is 25.0 Å². The zero-order chi connectivity index (χ0) is 26.8. The Morgan fingerprint density at radius 2 is 1.32 bits per heavy atom. The van der Waals surface area contributed by atoms with Crippen molar-refractivity contribution < 1.29 is 19.5 Å². The first kappa shape index (κ1) is 27.5. The van der Waals surface area contributed by atoms with Crippen LogP contribution in [-0.2, 0) is 22.4 Å². The quantitative estimate of drug-likeness (QED) is 0.342. The van der Waals surface area contributed by atoms with E-state index in [2.05, 4.69) is 5.32 Å². The predicted molar refractivity (Wildman–Crippen MR) is 145 cm³/mol. The van der Waals surface area contributed by atoms with Gasteiger partial charge in [-0.3, -0.25) is 4.79 Å². The van der Waals surface area contributed by atoms with Crippen LogP contribution >= 0.6 is 0 Å². The van der Waals surface area contributed by atoms with E-state index >= 15 is 0 Å². The summed E-state index contributed by atoms with van der Waals surface area (Å²) in [5.74, 6) is -2.11. The molecule has 2 atom stereocenters. The highest BCUT2D eigenvalue weighted by Crippen LogP contribution is 2.20. The van der Waals surface area contributed by atoms with Gasteiger partial charge in [0.15, 0.2) is 0 Å². The molecule has 0 saturated carbocycles. The van der Waals surface area contributed by atoms with E-state index in [0.717, 1.165) is 22.3 Å². The molecule has 0 spiro atoms. The normalized spacial score (nSPS) is 12.5. The Hall–Kier alpha value is -4.13. The van der Waals surface area contributed by atoms with Gasteiger partial charge in [0.25, 0.3) is 0 Å². The third-order valence-corrected chi connectivity index (χ3v) is 6.14. The van der Waals surface area contributed by atoms with Crippen LogP contribution in [0.3, 0.4) is 0 Å². The van der Waals surface area contributed by atoms with E-state index in [4.69, 9.17) is 5.73 Å². The van der Waals surface area contributed by atoms with Crippen molar-refractivity contribution in [3.63, 3.8) is 0 Å². The zero-order valence-electron chi connectivity index (χ0n) is 21.3. The summed E-state index contributed by atoms with van der Waals surface area (Å²) in [7, 11) is 0. The maximum atomic E-state index is 13.2. The third kappa shape index (κ3) is 8.49. The van der Waals surface area contributed by atoms with Gasteiger partial charge in [-0.25, -0.2) is 9.59 Å². The number of nitrogens with two attached hydrogens (primary N) is 1. The van der Waals surface area contributed by atoms with Gasteiger partial charge < -0.3 is 21.1 Å². The van der Waals surface area contributed by atoms with E-state index < -0.39 is 29.9 Å². The van der Waals surface area contributed by atoms with Crippen molar-refractivity contribution in [3.8, 4) is 11.1 Å². The van der Waals surface area contributed by atoms with Gasteiger partial charge in [0.05, 0.1) is 5.92 Å². The maximum absolute atomic E-state index is 13.2. The number of urea groups is 1. The number of nitrogens with one attached hydrogen (secondary N) is 1. The fraction of sp³-hybridized carbons (Fsp3) is 0.300. The molecule has 3 amide bonds. The molecule has 0 bridgehead atoms. The molecule has 0 radical (unpaired) electrons. The molecule has 3 aromatic carbocycles. The Morgan fingerprint density at radius 1 is 0.784 bits per heavy atom. The number of hydrogen-bond donors (Lipinski definition) is 3. The largest absolute Gasteiger partial charge is 0.480 e. The predicted octanol–water partition coefficient (Wildman–Crippen LogP) is 4.36. The molecule has 3 rings (SSSR count). The van der Waals surface area contributed by atoms with Crippen molar-refractivity contribution in [2.45, 2.75) is 32.7 Å². The van der Waals surface area contributed by atoms with E-state index in [0.29, 0.717) is 13.0 Å². The number of carbonyl (C=O) groups is 3. The number of hydrogen-bond acceptors (Lipinski definition) is 3. The number of carbonyl (C=O) groups excluding carboxylic acids is 2. The van der Waals surface area contributed by atoms with Crippen molar-refractivity contribution >= 4 is 17.9 Å². The van der Waals surface area contributed by atoms with E-state index in [-0.39, 0.29) is 18.9 Å². The molecule has 0 unspecified atom stereocenters. The van der Waals surface area contributed by atoms with Gasteiger partial charge in [-0.1, -0.05) is 98.8 Å². The second-order valence-corrected chi connectivity index (χ2v) is 9.70. The number of amides is 3. The molecule has 0 aliphatic carbocycles. The molecule has 0 aromatic heterocycles. The fourth-order valence-corrected chi connectivity index (χ4v) is 4.24. The first-order valence-corrected chi connectivity index (χ1v) is 12.5. The average molecular weight is 502 g/mol. The SMILES string of the molecule is CC(C)CN(C[C@H](Cc1ccccc1)C(N)=O)C(=O)N[C@@H](Cc1ccc(-c2ccccc2)cc1)C(=O)O. The molecule has 0 aliphatic heterocycles. The van der Waals surface area contributed by atoms with E-state index in [9.17, 15) is 19.5 Å². The Balaban J connectivity index is 1.70. The highest BCUT2D eigenvalue weighted by atomic mass is 16.4. The lowest BCUT2D eigenvalue weighted by Gasteiger charge is -2.29. The molecule has 3 aromatic rings. The lowest BCUT2D eigenvalue weighted by atomic mass is 9.97. The summed E-state index contributed by atoms with van der Waals surface area (Å²) in [6.07, 6.45) is 0.531. The second-order valence-electron chi connectivity index (χ2n) is 9.70. The molecule has 4 N–H and O–H groups in total. The maximum Gasteiger partial charge on any atom is 0.326 e. The van der Waals surface area contributed by atoms with Gasteiger partial charge in [-0.15, -0.1) is 0 Å². The molecule has 0 aliphatic rings. The van der Waals surface area contributed by atoms with Gasteiger partial charge in [0.1, 0.15) is 6.04 Å². The number of primary amides is 1.